The molecule has 0 spiro atoms. The number of carbonyl (C=O) groups excluding carboxylic acids is 1. The van der Waals surface area contributed by atoms with Crippen LogP contribution in [0, 0.1) is 12.3 Å². The number of amides is 1. The first-order valence-corrected chi connectivity index (χ1v) is 19.6. The van der Waals surface area contributed by atoms with Gasteiger partial charge in [-0.3, -0.25) is 4.79 Å². The number of methoxy groups -OCH3 is 1. The molecule has 3 aromatic rings. The average Bonchev–Trinajstić information content (AvgIpc) is 3.11. The molecule has 0 aliphatic carbocycles. The van der Waals surface area contributed by atoms with Gasteiger partial charge in [0.15, 0.2) is 0 Å². The number of carbonyl (C=O) groups is 1. The second kappa shape index (κ2) is 17.3. The maximum absolute atomic E-state index is 14.5. The van der Waals surface area contributed by atoms with Crippen LogP contribution in [0.15, 0.2) is 71.6 Å². The Labute approximate surface area is 304 Å². The first kappa shape index (κ1) is 38.6. The summed E-state index contributed by atoms with van der Waals surface area (Å²) in [5.74, 6) is 1.40. The highest BCUT2D eigenvalue weighted by Crippen LogP contribution is 2.42. The van der Waals surface area contributed by atoms with Gasteiger partial charge in [-0.2, -0.15) is 4.31 Å². The molecule has 0 aromatic heterocycles. The van der Waals surface area contributed by atoms with Crippen molar-refractivity contribution in [2.45, 2.75) is 83.4 Å². The van der Waals surface area contributed by atoms with E-state index in [0.29, 0.717) is 45.8 Å². The van der Waals surface area contributed by atoms with E-state index in [0.717, 1.165) is 53.4 Å². The molecule has 2 heterocycles. The van der Waals surface area contributed by atoms with Gasteiger partial charge < -0.3 is 29.2 Å². The van der Waals surface area contributed by atoms with E-state index in [2.05, 4.69) is 28.4 Å². The van der Waals surface area contributed by atoms with Gasteiger partial charge in [-0.25, -0.2) is 8.42 Å². The lowest BCUT2D eigenvalue weighted by atomic mass is 9.77. The van der Waals surface area contributed by atoms with Crippen LogP contribution in [-0.2, 0) is 30.9 Å². The van der Waals surface area contributed by atoms with Crippen molar-refractivity contribution in [3.63, 3.8) is 0 Å². The molecule has 5 rings (SSSR count). The molecule has 1 saturated heterocycles. The van der Waals surface area contributed by atoms with Crippen molar-refractivity contribution in [3.8, 4) is 11.5 Å². The second-order valence-corrected chi connectivity index (χ2v) is 16.1. The van der Waals surface area contributed by atoms with Crippen LogP contribution in [0.25, 0.3) is 0 Å². The van der Waals surface area contributed by atoms with E-state index < -0.39 is 27.6 Å². The molecule has 2 aliphatic heterocycles. The molecular formula is C40H55N3O7S. The van der Waals surface area contributed by atoms with Crippen LogP contribution in [0.2, 0.25) is 0 Å². The van der Waals surface area contributed by atoms with Crippen molar-refractivity contribution < 1.29 is 32.2 Å². The number of anilines is 1. The molecule has 1 fully saturated rings. The third-order valence-corrected chi connectivity index (χ3v) is 11.8. The van der Waals surface area contributed by atoms with Crippen LogP contribution in [0.5, 0.6) is 11.5 Å². The van der Waals surface area contributed by atoms with Crippen LogP contribution >= 0.6 is 0 Å². The number of hydrogen-bond donors (Lipinski definition) is 1. The summed E-state index contributed by atoms with van der Waals surface area (Å²) in [5, 5.41) is 2.95. The number of piperidine rings is 1. The largest absolute Gasteiger partial charge is 0.494 e. The number of benzene rings is 3. The first-order chi connectivity index (χ1) is 24.5. The van der Waals surface area contributed by atoms with Gasteiger partial charge >= 0.3 is 0 Å². The lowest BCUT2D eigenvalue weighted by Gasteiger charge is -2.45. The minimum absolute atomic E-state index is 0.0960. The van der Waals surface area contributed by atoms with E-state index in [9.17, 15) is 13.2 Å². The summed E-state index contributed by atoms with van der Waals surface area (Å²) in [6, 6.07) is 20.7. The number of fused-ring (bicyclic) bond motifs is 1. The number of sulfonamides is 1. The SMILES string of the molecule is CCNC(=O)C(C)(C)C[C@@H]1C[C@H](c2ccc(OCC)cc2)[C@@H](OCc2ccc3c(c2)N(CCCOC)CCO3)CN1S(=O)(=O)c1ccc(C)cc1. The maximum Gasteiger partial charge on any atom is 0.243 e. The Hall–Kier alpha value is -3.64. The fourth-order valence-electron chi connectivity index (χ4n) is 7.16. The van der Waals surface area contributed by atoms with Gasteiger partial charge in [0.25, 0.3) is 0 Å². The summed E-state index contributed by atoms with van der Waals surface area (Å²) in [5.41, 5.74) is 3.22. The first-order valence-electron chi connectivity index (χ1n) is 18.2. The molecule has 11 heteroatoms. The highest BCUT2D eigenvalue weighted by molar-refractivity contribution is 7.89. The Kier molecular flexibility index (Phi) is 13.1. The Bertz CT molecular complexity index is 1700. The number of hydrogen-bond acceptors (Lipinski definition) is 8. The van der Waals surface area contributed by atoms with Gasteiger partial charge in [-0.1, -0.05) is 49.7 Å². The van der Waals surface area contributed by atoms with Gasteiger partial charge in [0.2, 0.25) is 15.9 Å². The number of nitrogens with one attached hydrogen (secondary N) is 1. The monoisotopic (exact) mass is 721 g/mol. The molecule has 1 N–H and O–H groups in total. The molecule has 0 radical (unpaired) electrons. The predicted octanol–water partition coefficient (Wildman–Crippen LogP) is 6.31. The van der Waals surface area contributed by atoms with Crippen molar-refractivity contribution in [1.29, 1.82) is 0 Å². The van der Waals surface area contributed by atoms with Crippen molar-refractivity contribution in [3.05, 3.63) is 83.4 Å². The minimum Gasteiger partial charge on any atom is -0.494 e. The van der Waals surface area contributed by atoms with Crippen molar-refractivity contribution in [1.82, 2.24) is 9.62 Å². The number of rotatable bonds is 16. The van der Waals surface area contributed by atoms with Crippen molar-refractivity contribution in [2.75, 3.05) is 58.0 Å². The molecule has 0 saturated carbocycles. The topological polar surface area (TPSA) is 107 Å². The highest BCUT2D eigenvalue weighted by Gasteiger charge is 2.45. The van der Waals surface area contributed by atoms with E-state index >= 15 is 0 Å². The molecule has 3 atom stereocenters. The minimum atomic E-state index is -3.94. The fourth-order valence-corrected chi connectivity index (χ4v) is 8.81. The van der Waals surface area contributed by atoms with E-state index in [4.69, 9.17) is 18.9 Å². The third-order valence-electron chi connectivity index (χ3n) is 9.91. The van der Waals surface area contributed by atoms with Gasteiger partial charge in [0.05, 0.1) is 36.4 Å². The summed E-state index contributed by atoms with van der Waals surface area (Å²) in [7, 11) is -2.22. The van der Waals surface area contributed by atoms with Crippen LogP contribution in [0.4, 0.5) is 5.69 Å². The molecule has 10 nitrogen and oxygen atoms in total. The zero-order valence-electron chi connectivity index (χ0n) is 31.0. The molecule has 0 unspecified atom stereocenters. The molecule has 1 amide bonds. The molecule has 51 heavy (non-hydrogen) atoms. The Balaban J connectivity index is 1.49. The molecule has 0 bridgehead atoms. The number of aryl methyl sites for hydroxylation is 1. The molecule has 2 aliphatic rings. The predicted molar refractivity (Wildman–Crippen MR) is 200 cm³/mol. The van der Waals surface area contributed by atoms with Crippen molar-refractivity contribution >= 4 is 21.6 Å². The summed E-state index contributed by atoms with van der Waals surface area (Å²) in [6.07, 6.45) is 1.29. The Morgan fingerprint density at radius 3 is 2.47 bits per heavy atom. The number of ether oxygens (including phenoxy) is 4. The van der Waals surface area contributed by atoms with Crippen molar-refractivity contribution in [2.24, 2.45) is 5.41 Å². The van der Waals surface area contributed by atoms with E-state index in [1.165, 1.54) is 0 Å². The zero-order valence-corrected chi connectivity index (χ0v) is 31.8. The van der Waals surface area contributed by atoms with Crippen LogP contribution < -0.4 is 19.7 Å². The molecule has 278 valence electrons. The highest BCUT2D eigenvalue weighted by atomic mass is 32.2. The maximum atomic E-state index is 14.5. The van der Waals surface area contributed by atoms with Gasteiger partial charge in [-0.15, -0.1) is 0 Å². The van der Waals surface area contributed by atoms with E-state index in [-0.39, 0.29) is 23.3 Å². The number of nitrogens with zero attached hydrogens (tertiary/aromatic N) is 2. The summed E-state index contributed by atoms with van der Waals surface area (Å²) >= 11 is 0. The average molecular weight is 722 g/mol. The second-order valence-electron chi connectivity index (χ2n) is 14.2. The van der Waals surface area contributed by atoms with E-state index in [1.807, 2.05) is 71.0 Å². The third kappa shape index (κ3) is 9.43. The van der Waals surface area contributed by atoms with Gasteiger partial charge in [0, 0.05) is 50.7 Å². The summed E-state index contributed by atoms with van der Waals surface area (Å²) < 4.78 is 54.4. The van der Waals surface area contributed by atoms with E-state index in [1.54, 1.807) is 23.5 Å². The van der Waals surface area contributed by atoms with Crippen LogP contribution in [0.3, 0.4) is 0 Å². The van der Waals surface area contributed by atoms with Crippen LogP contribution in [-0.4, -0.2) is 83.9 Å². The quantitative estimate of drug-likeness (QED) is 0.172. The summed E-state index contributed by atoms with van der Waals surface area (Å²) in [6.45, 7) is 14.0. The zero-order chi connectivity index (χ0) is 36.6. The smallest absolute Gasteiger partial charge is 0.243 e. The van der Waals surface area contributed by atoms with Gasteiger partial charge in [-0.05, 0) is 87.6 Å². The van der Waals surface area contributed by atoms with Gasteiger partial charge in [0.1, 0.15) is 18.1 Å². The Morgan fingerprint density at radius 1 is 1.04 bits per heavy atom. The lowest BCUT2D eigenvalue weighted by molar-refractivity contribution is -0.130. The van der Waals surface area contributed by atoms with Crippen LogP contribution in [0.1, 0.15) is 69.6 Å². The normalized spacial score (nSPS) is 19.6. The Morgan fingerprint density at radius 2 is 1.78 bits per heavy atom. The molecule has 3 aromatic carbocycles. The summed E-state index contributed by atoms with van der Waals surface area (Å²) in [4.78, 5) is 15.8. The standard InChI is InChI=1S/C40H55N3O7S/c1-7-41-39(44)40(4,5)26-32-25-35(31-13-15-33(16-14-31)48-8-2)38(27-43(32)51(45,46)34-17-10-29(3)11-18-34)50-28-30-12-19-37-36(24-30)42(21-23-49-37)20-9-22-47-6/h10-19,24,32,35,38H,7-9,20-23,25-28H2,1-6H3,(H,41,44)/t32-,35+,38-/m0/s1. The fraction of sp³-hybridized carbons (Fsp3) is 0.525. The molecular weight excluding hydrogens is 667 g/mol. The lowest BCUT2D eigenvalue weighted by Crippen LogP contribution is -2.54.